The first-order valence-corrected chi connectivity index (χ1v) is 6.01. The van der Waals surface area contributed by atoms with Gasteiger partial charge in [0.25, 0.3) is 11.7 Å². The standard InChI is InChI=1S/C11H16BrNO6/c1-13-11(16,17)10(14,15)6-4-9(19-3)7(12)5-8(6)18-2/h4-5,13-17H,1-3H3. The summed E-state index contributed by atoms with van der Waals surface area (Å²) in [6.45, 7) is 0. The zero-order chi connectivity index (χ0) is 14.8. The van der Waals surface area contributed by atoms with E-state index < -0.39 is 11.7 Å². The smallest absolute Gasteiger partial charge is 0.284 e. The van der Waals surface area contributed by atoms with Crippen molar-refractivity contribution in [3.8, 4) is 11.5 Å². The number of hydrogen-bond acceptors (Lipinski definition) is 7. The third kappa shape index (κ3) is 2.83. The average Bonchev–Trinajstić information content (AvgIpc) is 2.37. The fraction of sp³-hybridized carbons (Fsp3) is 0.455. The molecule has 0 saturated heterocycles. The van der Waals surface area contributed by atoms with Crippen molar-refractivity contribution in [3.05, 3.63) is 22.2 Å². The summed E-state index contributed by atoms with van der Waals surface area (Å²) in [5.74, 6) is -5.67. The molecule has 0 aromatic heterocycles. The van der Waals surface area contributed by atoms with Crippen LogP contribution in [0.1, 0.15) is 5.56 Å². The monoisotopic (exact) mass is 337 g/mol. The summed E-state index contributed by atoms with van der Waals surface area (Å²) in [7, 11) is 3.85. The van der Waals surface area contributed by atoms with Crippen LogP contribution >= 0.6 is 15.9 Å². The summed E-state index contributed by atoms with van der Waals surface area (Å²) in [5.41, 5.74) is -0.269. The van der Waals surface area contributed by atoms with E-state index in [1.54, 1.807) is 0 Å². The number of likely N-dealkylation sites (N-methyl/N-ethyl adjacent to an activating group) is 1. The predicted octanol–water partition coefficient (Wildman–Crippen LogP) is -0.538. The van der Waals surface area contributed by atoms with Gasteiger partial charge in [0.05, 0.1) is 24.3 Å². The Hall–Kier alpha value is -0.900. The molecule has 19 heavy (non-hydrogen) atoms. The molecule has 0 heterocycles. The van der Waals surface area contributed by atoms with E-state index in [0.29, 0.717) is 4.47 Å². The minimum Gasteiger partial charge on any atom is -0.496 e. The SMILES string of the molecule is CNC(O)(O)C(O)(O)c1cc(OC)c(Br)cc1OC. The normalized spacial score (nSPS) is 12.4. The number of ether oxygens (including phenoxy) is 2. The van der Waals surface area contributed by atoms with Gasteiger partial charge in [0.1, 0.15) is 11.5 Å². The summed E-state index contributed by atoms with van der Waals surface area (Å²) in [6, 6.07) is 2.64. The maximum absolute atomic E-state index is 9.98. The van der Waals surface area contributed by atoms with Crippen LogP contribution in [0.3, 0.4) is 0 Å². The highest BCUT2D eigenvalue weighted by Gasteiger charge is 2.50. The third-order valence-electron chi connectivity index (χ3n) is 2.68. The zero-order valence-electron chi connectivity index (χ0n) is 10.6. The fourth-order valence-corrected chi connectivity index (χ4v) is 1.98. The van der Waals surface area contributed by atoms with Gasteiger partial charge in [-0.25, -0.2) is 0 Å². The van der Waals surface area contributed by atoms with E-state index in [0.717, 1.165) is 7.05 Å². The third-order valence-corrected chi connectivity index (χ3v) is 3.30. The first-order valence-electron chi connectivity index (χ1n) is 5.21. The molecule has 1 aromatic rings. The summed E-state index contributed by atoms with van der Waals surface area (Å²) >= 11 is 3.21. The molecule has 108 valence electrons. The Kier molecular flexibility index (Phi) is 4.77. The number of nitrogens with one attached hydrogen (secondary N) is 1. The summed E-state index contributed by atoms with van der Waals surface area (Å²) in [6.07, 6.45) is 0. The van der Waals surface area contributed by atoms with Crippen LogP contribution in [0.5, 0.6) is 11.5 Å². The molecule has 0 fully saturated rings. The summed E-state index contributed by atoms with van der Waals surface area (Å²) in [5, 5.41) is 41.1. The highest BCUT2D eigenvalue weighted by molar-refractivity contribution is 9.10. The molecule has 0 spiro atoms. The fourth-order valence-electron chi connectivity index (χ4n) is 1.49. The molecule has 0 bridgehead atoms. The number of benzene rings is 1. The number of methoxy groups -OCH3 is 2. The molecular formula is C11H16BrNO6. The van der Waals surface area contributed by atoms with Gasteiger partial charge in [0.15, 0.2) is 0 Å². The van der Waals surface area contributed by atoms with Crippen LogP contribution in [0.15, 0.2) is 16.6 Å². The van der Waals surface area contributed by atoms with Crippen molar-refractivity contribution in [2.45, 2.75) is 11.7 Å². The Bertz CT molecular complexity index is 463. The summed E-state index contributed by atoms with van der Waals surface area (Å²) in [4.78, 5) is 0. The van der Waals surface area contributed by atoms with E-state index in [1.807, 2.05) is 5.32 Å². The Morgan fingerprint density at radius 1 is 1.05 bits per heavy atom. The number of hydrogen-bond donors (Lipinski definition) is 5. The van der Waals surface area contributed by atoms with Gasteiger partial charge in [-0.15, -0.1) is 0 Å². The van der Waals surface area contributed by atoms with E-state index in [-0.39, 0.29) is 17.1 Å². The average molecular weight is 338 g/mol. The van der Waals surface area contributed by atoms with Crippen LogP contribution in [-0.2, 0) is 5.79 Å². The number of halogens is 1. The van der Waals surface area contributed by atoms with Crippen LogP contribution in [0.2, 0.25) is 0 Å². The minimum absolute atomic E-state index is 0.0420. The molecule has 1 rings (SSSR count). The van der Waals surface area contributed by atoms with E-state index >= 15 is 0 Å². The second kappa shape index (κ2) is 5.61. The predicted molar refractivity (Wildman–Crippen MR) is 69.6 cm³/mol. The lowest BCUT2D eigenvalue weighted by atomic mass is 10.0. The van der Waals surface area contributed by atoms with Gasteiger partial charge in [-0.2, -0.15) is 0 Å². The molecule has 7 nitrogen and oxygen atoms in total. The van der Waals surface area contributed by atoms with Crippen molar-refractivity contribution in [2.24, 2.45) is 0 Å². The number of rotatable bonds is 5. The molecule has 1 aromatic carbocycles. The molecule has 8 heteroatoms. The lowest BCUT2D eigenvalue weighted by molar-refractivity contribution is -0.377. The molecule has 0 radical (unpaired) electrons. The second-order valence-corrected chi connectivity index (χ2v) is 4.64. The number of aliphatic hydroxyl groups is 4. The van der Waals surface area contributed by atoms with Gasteiger partial charge in [0, 0.05) is 0 Å². The Morgan fingerprint density at radius 2 is 1.58 bits per heavy atom. The Labute approximate surface area is 118 Å². The van der Waals surface area contributed by atoms with Crippen molar-refractivity contribution in [3.63, 3.8) is 0 Å². The van der Waals surface area contributed by atoms with Gasteiger partial charge in [-0.05, 0) is 35.1 Å². The van der Waals surface area contributed by atoms with Crippen molar-refractivity contribution >= 4 is 15.9 Å². The maximum atomic E-state index is 9.98. The Morgan fingerprint density at radius 3 is 2.00 bits per heavy atom. The van der Waals surface area contributed by atoms with E-state index in [4.69, 9.17) is 9.47 Å². The van der Waals surface area contributed by atoms with Crippen LogP contribution in [-0.4, -0.2) is 47.6 Å². The van der Waals surface area contributed by atoms with Gasteiger partial charge in [-0.3, -0.25) is 5.32 Å². The van der Waals surface area contributed by atoms with Crippen LogP contribution < -0.4 is 14.8 Å². The van der Waals surface area contributed by atoms with Crippen LogP contribution in [0.4, 0.5) is 0 Å². The van der Waals surface area contributed by atoms with Crippen LogP contribution in [0.25, 0.3) is 0 Å². The molecule has 0 saturated carbocycles. The summed E-state index contributed by atoms with van der Waals surface area (Å²) < 4.78 is 10.5. The van der Waals surface area contributed by atoms with Gasteiger partial charge in [-0.1, -0.05) is 0 Å². The molecule has 0 aliphatic carbocycles. The van der Waals surface area contributed by atoms with Gasteiger partial charge < -0.3 is 29.9 Å². The molecule has 0 atom stereocenters. The molecular weight excluding hydrogens is 322 g/mol. The van der Waals surface area contributed by atoms with Crippen molar-refractivity contribution in [1.29, 1.82) is 0 Å². The van der Waals surface area contributed by atoms with Crippen LogP contribution in [0, 0.1) is 0 Å². The quantitative estimate of drug-likeness (QED) is 0.459. The lowest BCUT2D eigenvalue weighted by Crippen LogP contribution is -2.60. The lowest BCUT2D eigenvalue weighted by Gasteiger charge is -2.35. The topological polar surface area (TPSA) is 111 Å². The highest BCUT2D eigenvalue weighted by atomic mass is 79.9. The second-order valence-electron chi connectivity index (χ2n) is 3.78. The van der Waals surface area contributed by atoms with E-state index in [9.17, 15) is 20.4 Å². The first kappa shape index (κ1) is 16.2. The first-order chi connectivity index (χ1) is 8.71. The molecule has 0 aliphatic rings. The Balaban J connectivity index is 3.48. The zero-order valence-corrected chi connectivity index (χ0v) is 12.2. The highest BCUT2D eigenvalue weighted by Crippen LogP contribution is 2.40. The molecule has 0 amide bonds. The van der Waals surface area contributed by atoms with Crippen molar-refractivity contribution in [1.82, 2.24) is 5.32 Å². The molecule has 0 unspecified atom stereocenters. The van der Waals surface area contributed by atoms with Gasteiger partial charge >= 0.3 is 0 Å². The minimum atomic E-state index is -3.01. The van der Waals surface area contributed by atoms with E-state index in [1.165, 1.54) is 26.4 Å². The van der Waals surface area contributed by atoms with Crippen molar-refractivity contribution < 1.29 is 29.9 Å². The molecule has 0 aliphatic heterocycles. The largest absolute Gasteiger partial charge is 0.496 e. The maximum Gasteiger partial charge on any atom is 0.284 e. The van der Waals surface area contributed by atoms with E-state index in [2.05, 4.69) is 15.9 Å². The van der Waals surface area contributed by atoms with Gasteiger partial charge in [0.2, 0.25) is 0 Å². The van der Waals surface area contributed by atoms with Crippen molar-refractivity contribution in [2.75, 3.05) is 21.3 Å². The molecule has 5 N–H and O–H groups in total.